The molecule has 200 valence electrons. The molecule has 2 fully saturated rings. The number of aryl methyl sites for hydroxylation is 1. The van der Waals surface area contributed by atoms with Crippen molar-refractivity contribution in [3.63, 3.8) is 0 Å². The number of hydrogen-bond acceptors (Lipinski definition) is 5. The number of halogens is 1. The molecule has 5 rings (SSSR count). The number of nitrogens with zero attached hydrogens (tertiary/aromatic N) is 5. The summed E-state index contributed by atoms with van der Waals surface area (Å²) in [6.07, 6.45) is 4.05. The maximum Gasteiger partial charge on any atom is 0.274 e. The highest BCUT2D eigenvalue weighted by atomic mass is 19.1. The van der Waals surface area contributed by atoms with Gasteiger partial charge in [-0.25, -0.2) is 4.39 Å². The highest BCUT2D eigenvalue weighted by molar-refractivity contribution is 5.94. The van der Waals surface area contributed by atoms with Crippen LogP contribution in [0.2, 0.25) is 0 Å². The van der Waals surface area contributed by atoms with Crippen LogP contribution in [0.5, 0.6) is 0 Å². The third kappa shape index (κ3) is 5.10. The summed E-state index contributed by atoms with van der Waals surface area (Å²) in [5.74, 6) is -0.145. The number of alkyl halides is 1. The van der Waals surface area contributed by atoms with Gasteiger partial charge in [0.1, 0.15) is 13.2 Å². The Morgan fingerprint density at radius 2 is 1.70 bits per heavy atom. The average Bonchev–Trinajstić information content (AvgIpc) is 3.28. The zero-order valence-corrected chi connectivity index (χ0v) is 22.0. The molecule has 1 aliphatic carbocycles. The molecule has 0 spiro atoms. The first-order valence-corrected chi connectivity index (χ1v) is 13.5. The van der Waals surface area contributed by atoms with Gasteiger partial charge in [0.2, 0.25) is 5.91 Å². The Morgan fingerprint density at radius 1 is 1.00 bits per heavy atom. The number of carbonyl (C=O) groups is 2. The van der Waals surface area contributed by atoms with Gasteiger partial charge < -0.3 is 19.8 Å². The van der Waals surface area contributed by atoms with Gasteiger partial charge in [-0.2, -0.15) is 5.10 Å². The lowest BCUT2D eigenvalue weighted by Crippen LogP contribution is -2.50. The Morgan fingerprint density at radius 3 is 2.41 bits per heavy atom. The minimum atomic E-state index is -1.33. The van der Waals surface area contributed by atoms with Crippen LogP contribution < -0.4 is 4.90 Å². The van der Waals surface area contributed by atoms with Crippen molar-refractivity contribution in [2.75, 3.05) is 50.8 Å². The molecule has 0 radical (unpaired) electrons. The Kier molecular flexibility index (Phi) is 7.25. The zero-order chi connectivity index (χ0) is 26.2. The maximum absolute atomic E-state index is 13.4. The fourth-order valence-electron chi connectivity index (χ4n) is 5.89. The molecule has 1 aromatic heterocycles. The van der Waals surface area contributed by atoms with E-state index < -0.39 is 12.3 Å². The van der Waals surface area contributed by atoms with Crippen molar-refractivity contribution in [2.24, 2.45) is 0 Å². The number of rotatable bonds is 5. The highest BCUT2D eigenvalue weighted by Gasteiger charge is 2.36. The van der Waals surface area contributed by atoms with E-state index in [1.807, 2.05) is 4.90 Å². The molecular formula is C28H38FN5O3. The van der Waals surface area contributed by atoms with Crippen LogP contribution in [0.15, 0.2) is 18.2 Å². The van der Waals surface area contributed by atoms with Crippen LogP contribution in [0.4, 0.5) is 10.1 Å². The van der Waals surface area contributed by atoms with Crippen molar-refractivity contribution < 1.29 is 19.1 Å². The lowest BCUT2D eigenvalue weighted by atomic mass is 9.92. The van der Waals surface area contributed by atoms with E-state index in [2.05, 4.69) is 42.0 Å². The normalized spacial score (nSPS) is 19.6. The Bertz CT molecular complexity index is 1160. The monoisotopic (exact) mass is 511 g/mol. The molecule has 37 heavy (non-hydrogen) atoms. The molecule has 0 saturated carbocycles. The topological polar surface area (TPSA) is 81.9 Å². The summed E-state index contributed by atoms with van der Waals surface area (Å²) in [7, 11) is 0. The van der Waals surface area contributed by atoms with Crippen LogP contribution in [-0.4, -0.2) is 88.0 Å². The summed E-state index contributed by atoms with van der Waals surface area (Å²) in [5.41, 5.74) is 4.83. The van der Waals surface area contributed by atoms with Crippen molar-refractivity contribution in [1.29, 1.82) is 0 Å². The van der Waals surface area contributed by atoms with Crippen molar-refractivity contribution >= 4 is 17.5 Å². The molecular weight excluding hydrogens is 473 g/mol. The number of hydrogen-bond donors (Lipinski definition) is 1. The first kappa shape index (κ1) is 25.7. The summed E-state index contributed by atoms with van der Waals surface area (Å²) in [6, 6.07) is 6.35. The third-order valence-corrected chi connectivity index (χ3v) is 8.52. The summed E-state index contributed by atoms with van der Waals surface area (Å²) >= 11 is 0. The van der Waals surface area contributed by atoms with Crippen LogP contribution in [0.3, 0.4) is 0 Å². The van der Waals surface area contributed by atoms with Crippen LogP contribution in [0.1, 0.15) is 58.6 Å². The predicted octanol–water partition coefficient (Wildman–Crippen LogP) is 2.66. The molecule has 3 aliphatic rings. The number of piperidine rings is 1. The van der Waals surface area contributed by atoms with E-state index in [1.54, 1.807) is 9.58 Å². The van der Waals surface area contributed by atoms with Crippen molar-refractivity contribution in [3.05, 3.63) is 46.3 Å². The largest absolute Gasteiger partial charge is 0.387 e. The van der Waals surface area contributed by atoms with Crippen LogP contribution >= 0.6 is 0 Å². The second-order valence-electron chi connectivity index (χ2n) is 10.9. The number of anilines is 1. The van der Waals surface area contributed by atoms with Gasteiger partial charge in [0, 0.05) is 56.2 Å². The Balaban J connectivity index is 1.26. The fourth-order valence-corrected chi connectivity index (χ4v) is 5.89. The molecule has 2 saturated heterocycles. The molecule has 2 amide bonds. The smallest absolute Gasteiger partial charge is 0.274 e. The van der Waals surface area contributed by atoms with Crippen LogP contribution in [0.25, 0.3) is 0 Å². The van der Waals surface area contributed by atoms with E-state index >= 15 is 0 Å². The van der Waals surface area contributed by atoms with E-state index in [9.17, 15) is 19.1 Å². The SMILES string of the molecule is Cc1cccc(N2CCN(C(=O)Cn3nc(C(=O)N4CCC(O)(CF)CC4)c4c3CCCC4)CC2)c1C. The van der Waals surface area contributed by atoms with Gasteiger partial charge in [0.15, 0.2) is 5.69 Å². The quantitative estimate of drug-likeness (QED) is 0.668. The number of amides is 2. The molecule has 9 heteroatoms. The number of piperazine rings is 1. The van der Waals surface area contributed by atoms with Crippen LogP contribution in [-0.2, 0) is 24.2 Å². The number of carbonyl (C=O) groups excluding carboxylic acids is 2. The van der Waals surface area contributed by atoms with E-state index in [1.165, 1.54) is 16.8 Å². The van der Waals surface area contributed by atoms with Gasteiger partial charge in [-0.3, -0.25) is 14.3 Å². The first-order chi connectivity index (χ1) is 17.8. The van der Waals surface area contributed by atoms with Gasteiger partial charge in [0.05, 0.1) is 5.60 Å². The number of aliphatic hydroxyl groups is 1. The van der Waals surface area contributed by atoms with Gasteiger partial charge in [-0.05, 0) is 69.6 Å². The number of likely N-dealkylation sites (tertiary alicyclic amines) is 1. The highest BCUT2D eigenvalue weighted by Crippen LogP contribution is 2.29. The second kappa shape index (κ2) is 10.4. The number of aromatic nitrogens is 2. The number of fused-ring (bicyclic) bond motifs is 1. The minimum Gasteiger partial charge on any atom is -0.387 e. The lowest BCUT2D eigenvalue weighted by Gasteiger charge is -2.37. The summed E-state index contributed by atoms with van der Waals surface area (Å²) in [6.45, 7) is 7.13. The van der Waals surface area contributed by atoms with Gasteiger partial charge >= 0.3 is 0 Å². The molecule has 0 unspecified atom stereocenters. The molecule has 0 bridgehead atoms. The van der Waals surface area contributed by atoms with Gasteiger partial charge in [0.25, 0.3) is 5.91 Å². The Hall–Kier alpha value is -2.94. The molecule has 3 heterocycles. The van der Waals surface area contributed by atoms with E-state index in [4.69, 9.17) is 0 Å². The van der Waals surface area contributed by atoms with E-state index in [0.29, 0.717) is 31.9 Å². The molecule has 0 atom stereocenters. The summed E-state index contributed by atoms with van der Waals surface area (Å²) in [4.78, 5) is 32.6. The number of benzene rings is 1. The first-order valence-electron chi connectivity index (χ1n) is 13.5. The zero-order valence-electron chi connectivity index (χ0n) is 22.0. The third-order valence-electron chi connectivity index (χ3n) is 8.52. The van der Waals surface area contributed by atoms with E-state index in [-0.39, 0.29) is 31.2 Å². The molecule has 8 nitrogen and oxygen atoms in total. The van der Waals surface area contributed by atoms with Crippen molar-refractivity contribution in [2.45, 2.75) is 64.5 Å². The van der Waals surface area contributed by atoms with Gasteiger partial charge in [-0.1, -0.05) is 12.1 Å². The maximum atomic E-state index is 13.4. The van der Waals surface area contributed by atoms with Crippen molar-refractivity contribution in [1.82, 2.24) is 19.6 Å². The molecule has 2 aliphatic heterocycles. The lowest BCUT2D eigenvalue weighted by molar-refractivity contribution is -0.132. The molecule has 1 N–H and O–H groups in total. The summed E-state index contributed by atoms with van der Waals surface area (Å²) < 4.78 is 14.9. The summed E-state index contributed by atoms with van der Waals surface area (Å²) in [5, 5.41) is 14.9. The standard InChI is InChI=1S/C28H38FN5O3/c1-20-6-5-9-23(21(20)2)31-14-16-32(17-15-31)25(35)18-34-24-8-4-3-7-22(24)26(30-34)27(36)33-12-10-28(37,19-29)11-13-33/h5-6,9,37H,3-4,7-8,10-19H2,1-2H3. The average molecular weight is 512 g/mol. The van der Waals surface area contributed by atoms with Crippen LogP contribution in [0, 0.1) is 13.8 Å². The van der Waals surface area contributed by atoms with E-state index in [0.717, 1.165) is 50.0 Å². The second-order valence-corrected chi connectivity index (χ2v) is 10.9. The minimum absolute atomic E-state index is 0.0291. The predicted molar refractivity (Wildman–Crippen MR) is 140 cm³/mol. The van der Waals surface area contributed by atoms with Crippen molar-refractivity contribution in [3.8, 4) is 0 Å². The molecule has 2 aromatic rings. The van der Waals surface area contributed by atoms with Gasteiger partial charge in [-0.15, -0.1) is 0 Å². The Labute approximate surface area is 218 Å². The fraction of sp³-hybridized carbons (Fsp3) is 0.607. The molecule has 1 aromatic carbocycles.